The second-order valence-electron chi connectivity index (χ2n) is 4.43. The Kier molecular flexibility index (Phi) is 3.30. The van der Waals surface area contributed by atoms with Crippen molar-refractivity contribution in [3.8, 4) is 11.5 Å². The van der Waals surface area contributed by atoms with Crippen molar-refractivity contribution in [1.82, 2.24) is 9.78 Å². The molecule has 110 valence electrons. The number of nitrogens with zero attached hydrogens (tertiary/aromatic N) is 3. The highest BCUT2D eigenvalue weighted by Gasteiger charge is 2.20. The highest BCUT2D eigenvalue weighted by atomic mass is 35.5. The van der Waals surface area contributed by atoms with Gasteiger partial charge in [0.25, 0.3) is 0 Å². The van der Waals surface area contributed by atoms with E-state index in [1.807, 2.05) is 0 Å². The molecular formula is C12H11ClN4O4. The number of aromatic nitrogens is 2. The van der Waals surface area contributed by atoms with Gasteiger partial charge in [0.1, 0.15) is 19.4 Å². The Morgan fingerprint density at radius 3 is 2.90 bits per heavy atom. The number of fused-ring (bicyclic) bond motifs is 1. The lowest BCUT2D eigenvalue weighted by atomic mass is 10.2. The Balaban J connectivity index is 1.92. The van der Waals surface area contributed by atoms with Crippen LogP contribution >= 0.6 is 11.6 Å². The average molecular weight is 311 g/mol. The molecule has 1 aliphatic heterocycles. The van der Waals surface area contributed by atoms with Crippen LogP contribution in [0.3, 0.4) is 0 Å². The van der Waals surface area contributed by atoms with Crippen LogP contribution in [0.15, 0.2) is 18.3 Å². The molecule has 1 aliphatic rings. The number of benzene rings is 1. The van der Waals surface area contributed by atoms with Crippen LogP contribution in [0.25, 0.3) is 0 Å². The van der Waals surface area contributed by atoms with Gasteiger partial charge in [-0.3, -0.25) is 10.1 Å². The number of nitrogens with two attached hydrogens (primary N) is 1. The maximum atomic E-state index is 10.7. The summed E-state index contributed by atoms with van der Waals surface area (Å²) in [5, 5.41) is 15.1. The van der Waals surface area contributed by atoms with E-state index in [0.717, 1.165) is 11.8 Å². The van der Waals surface area contributed by atoms with Gasteiger partial charge in [-0.1, -0.05) is 11.6 Å². The second kappa shape index (κ2) is 5.13. The van der Waals surface area contributed by atoms with Gasteiger partial charge < -0.3 is 15.2 Å². The molecule has 0 unspecified atom stereocenters. The molecule has 3 rings (SSSR count). The number of ether oxygens (including phenoxy) is 2. The highest BCUT2D eigenvalue weighted by Crippen LogP contribution is 2.38. The van der Waals surface area contributed by atoms with Crippen molar-refractivity contribution in [1.29, 1.82) is 0 Å². The summed E-state index contributed by atoms with van der Waals surface area (Å²) >= 11 is 6.13. The summed E-state index contributed by atoms with van der Waals surface area (Å²) in [5.74, 6) is 1.04. The summed E-state index contributed by atoms with van der Waals surface area (Å²) in [4.78, 5) is 10.2. The normalized spacial score (nSPS) is 13.2. The fourth-order valence-electron chi connectivity index (χ4n) is 2.08. The summed E-state index contributed by atoms with van der Waals surface area (Å²) in [6.45, 7) is 1.14. The van der Waals surface area contributed by atoms with Crippen LogP contribution in [-0.4, -0.2) is 27.9 Å². The molecule has 0 amide bonds. The van der Waals surface area contributed by atoms with E-state index < -0.39 is 4.92 Å². The predicted molar refractivity (Wildman–Crippen MR) is 74.8 cm³/mol. The van der Waals surface area contributed by atoms with Crippen LogP contribution in [0.2, 0.25) is 5.02 Å². The van der Waals surface area contributed by atoms with Crippen LogP contribution in [0.4, 0.5) is 11.5 Å². The van der Waals surface area contributed by atoms with Crippen LogP contribution in [0.5, 0.6) is 11.5 Å². The number of hydrogen-bond acceptors (Lipinski definition) is 6. The van der Waals surface area contributed by atoms with Crippen molar-refractivity contribution >= 4 is 23.1 Å². The zero-order valence-electron chi connectivity index (χ0n) is 10.8. The number of hydrogen-bond donors (Lipinski definition) is 1. The Labute approximate surface area is 124 Å². The van der Waals surface area contributed by atoms with Gasteiger partial charge in [0.2, 0.25) is 5.82 Å². The molecule has 0 saturated heterocycles. The molecule has 0 atom stereocenters. The predicted octanol–water partition coefficient (Wildman–Crippen LogP) is 1.85. The molecule has 2 heterocycles. The summed E-state index contributed by atoms with van der Waals surface area (Å²) in [6, 6.07) is 3.45. The lowest BCUT2D eigenvalue weighted by molar-refractivity contribution is -0.384. The zero-order valence-corrected chi connectivity index (χ0v) is 11.5. The van der Waals surface area contributed by atoms with Crippen molar-refractivity contribution in [2.24, 2.45) is 0 Å². The molecule has 1 aromatic heterocycles. The fraction of sp³-hybridized carbons (Fsp3) is 0.250. The Morgan fingerprint density at radius 1 is 1.43 bits per heavy atom. The van der Waals surface area contributed by atoms with Crippen molar-refractivity contribution in [3.63, 3.8) is 0 Å². The van der Waals surface area contributed by atoms with E-state index >= 15 is 0 Å². The Hall–Kier alpha value is -2.48. The van der Waals surface area contributed by atoms with E-state index in [-0.39, 0.29) is 18.1 Å². The molecule has 21 heavy (non-hydrogen) atoms. The minimum atomic E-state index is -0.574. The maximum absolute atomic E-state index is 10.7. The molecule has 0 saturated carbocycles. The Bertz CT molecular complexity index is 716. The molecule has 0 spiro atoms. The minimum Gasteiger partial charge on any atom is -0.486 e. The first-order valence-corrected chi connectivity index (χ1v) is 6.47. The molecule has 0 radical (unpaired) electrons. The molecule has 1 aromatic carbocycles. The maximum Gasteiger partial charge on any atom is 0.330 e. The third-order valence-corrected chi connectivity index (χ3v) is 3.33. The van der Waals surface area contributed by atoms with E-state index in [0.29, 0.717) is 29.7 Å². The Morgan fingerprint density at radius 2 is 2.19 bits per heavy atom. The lowest BCUT2D eigenvalue weighted by Gasteiger charge is -2.20. The molecule has 0 aliphatic carbocycles. The van der Waals surface area contributed by atoms with Gasteiger partial charge in [0, 0.05) is 0 Å². The van der Waals surface area contributed by atoms with Gasteiger partial charge in [0.05, 0.1) is 16.5 Å². The molecule has 0 bridgehead atoms. The largest absolute Gasteiger partial charge is 0.486 e. The van der Waals surface area contributed by atoms with Gasteiger partial charge in [-0.15, -0.1) is 0 Å². The molecule has 9 heteroatoms. The number of rotatable bonds is 3. The van der Waals surface area contributed by atoms with Gasteiger partial charge >= 0.3 is 5.69 Å². The minimum absolute atomic E-state index is 0.00832. The summed E-state index contributed by atoms with van der Waals surface area (Å²) in [7, 11) is 0. The number of anilines is 1. The smallest absolute Gasteiger partial charge is 0.330 e. The summed E-state index contributed by atoms with van der Waals surface area (Å²) < 4.78 is 12.2. The lowest BCUT2D eigenvalue weighted by Crippen LogP contribution is -2.16. The number of nitrogen functional groups attached to an aromatic ring is 1. The van der Waals surface area contributed by atoms with Crippen LogP contribution in [0, 0.1) is 10.1 Å². The molecule has 2 aromatic rings. The molecule has 0 fully saturated rings. The first-order valence-electron chi connectivity index (χ1n) is 6.10. The summed E-state index contributed by atoms with van der Waals surface area (Å²) in [6.07, 6.45) is 1.12. The van der Waals surface area contributed by atoms with Crippen molar-refractivity contribution in [2.75, 3.05) is 18.9 Å². The van der Waals surface area contributed by atoms with Crippen molar-refractivity contribution < 1.29 is 14.4 Å². The van der Waals surface area contributed by atoms with Gasteiger partial charge in [0.15, 0.2) is 11.5 Å². The van der Waals surface area contributed by atoms with E-state index in [1.54, 1.807) is 12.1 Å². The zero-order chi connectivity index (χ0) is 15.0. The molecule has 2 N–H and O–H groups in total. The van der Waals surface area contributed by atoms with Gasteiger partial charge in [-0.25, -0.2) is 4.68 Å². The number of nitro groups is 1. The molecule has 8 nitrogen and oxygen atoms in total. The van der Waals surface area contributed by atoms with E-state index in [9.17, 15) is 10.1 Å². The quantitative estimate of drug-likeness (QED) is 0.685. The second-order valence-corrected chi connectivity index (χ2v) is 4.84. The standard InChI is InChI=1S/C12H11ClN4O4/c13-8-3-7(4-10-11(8)21-2-1-20-10)6-16-12(14)9(5-15-16)17(18)19/h3-5H,1-2,6,14H2. The van der Waals surface area contributed by atoms with Gasteiger partial charge in [-0.05, 0) is 17.7 Å². The monoisotopic (exact) mass is 310 g/mol. The average Bonchev–Trinajstić information content (AvgIpc) is 2.80. The number of halogens is 1. The van der Waals surface area contributed by atoms with Crippen LogP contribution in [-0.2, 0) is 6.54 Å². The third-order valence-electron chi connectivity index (χ3n) is 3.05. The van der Waals surface area contributed by atoms with Crippen molar-refractivity contribution in [3.05, 3.63) is 39.0 Å². The van der Waals surface area contributed by atoms with E-state index in [2.05, 4.69) is 5.10 Å². The van der Waals surface area contributed by atoms with E-state index in [4.69, 9.17) is 26.8 Å². The highest BCUT2D eigenvalue weighted by molar-refractivity contribution is 6.32. The topological polar surface area (TPSA) is 105 Å². The van der Waals surface area contributed by atoms with Crippen LogP contribution in [0.1, 0.15) is 5.56 Å². The third kappa shape index (κ3) is 2.45. The summed E-state index contributed by atoms with van der Waals surface area (Å²) in [5.41, 5.74) is 6.23. The van der Waals surface area contributed by atoms with Gasteiger partial charge in [-0.2, -0.15) is 5.10 Å². The van der Waals surface area contributed by atoms with Crippen molar-refractivity contribution in [2.45, 2.75) is 6.54 Å². The first-order chi connectivity index (χ1) is 10.1. The van der Waals surface area contributed by atoms with Crippen LogP contribution < -0.4 is 15.2 Å². The molecular weight excluding hydrogens is 300 g/mol. The SMILES string of the molecule is Nc1c([N+](=O)[O-])cnn1Cc1cc(Cl)c2c(c1)OCCO2. The van der Waals surface area contributed by atoms with E-state index in [1.165, 1.54) is 4.68 Å². The fourth-order valence-corrected chi connectivity index (χ4v) is 2.37. The first kappa shape index (κ1) is 13.5.